The van der Waals surface area contributed by atoms with Gasteiger partial charge in [-0.15, -0.1) is 0 Å². The molecule has 1 aromatic rings. The maximum Gasteiger partial charge on any atom is 0.331 e. The van der Waals surface area contributed by atoms with E-state index >= 15 is 0 Å². The van der Waals surface area contributed by atoms with E-state index in [4.69, 9.17) is 4.74 Å². The predicted molar refractivity (Wildman–Crippen MR) is 105 cm³/mol. The molecule has 1 aromatic carbocycles. The zero-order valence-electron chi connectivity index (χ0n) is 16.8. The number of nitrogens with one attached hydrogen (secondary N) is 2. The van der Waals surface area contributed by atoms with Gasteiger partial charge in [-0.25, -0.2) is 9.59 Å². The molecule has 1 aliphatic heterocycles. The average Bonchev–Trinajstić information content (AvgIpc) is 2.99. The quantitative estimate of drug-likeness (QED) is 0.559. The molecule has 1 aliphatic carbocycles. The van der Waals surface area contributed by atoms with E-state index in [-0.39, 0.29) is 0 Å². The third-order valence-electron chi connectivity index (χ3n) is 5.94. The van der Waals surface area contributed by atoms with E-state index in [1.807, 2.05) is 13.0 Å². The molecule has 2 fully saturated rings. The monoisotopic (exact) mass is 401 g/mol. The lowest BCUT2D eigenvalue weighted by molar-refractivity contribution is -0.152. The van der Waals surface area contributed by atoms with Crippen LogP contribution in [0.4, 0.5) is 4.79 Å². The summed E-state index contributed by atoms with van der Waals surface area (Å²) in [7, 11) is 1.29. The molecule has 8 heteroatoms. The zero-order chi connectivity index (χ0) is 21.1. The van der Waals surface area contributed by atoms with Crippen LogP contribution in [-0.2, 0) is 24.7 Å². The molecule has 29 heavy (non-hydrogen) atoms. The van der Waals surface area contributed by atoms with E-state index in [0.29, 0.717) is 24.8 Å². The van der Waals surface area contributed by atoms with Crippen molar-refractivity contribution in [2.24, 2.45) is 0 Å². The Balaban J connectivity index is 1.77. The fraction of sp³-hybridized carbons (Fsp3) is 0.524. The lowest BCUT2D eigenvalue weighted by Crippen LogP contribution is -2.58. The van der Waals surface area contributed by atoms with Crippen LogP contribution in [0, 0.1) is 0 Å². The van der Waals surface area contributed by atoms with Crippen LogP contribution in [0.2, 0.25) is 0 Å². The molecule has 3 rings (SSSR count). The molecule has 1 saturated heterocycles. The van der Waals surface area contributed by atoms with Crippen molar-refractivity contribution in [2.75, 3.05) is 13.7 Å². The van der Waals surface area contributed by atoms with Crippen LogP contribution in [0.5, 0.6) is 0 Å². The maximum atomic E-state index is 13.1. The van der Waals surface area contributed by atoms with E-state index < -0.39 is 41.4 Å². The number of carbonyl (C=O) groups excluding carboxylic acids is 4. The van der Waals surface area contributed by atoms with E-state index in [1.54, 1.807) is 24.3 Å². The third-order valence-corrected chi connectivity index (χ3v) is 5.94. The van der Waals surface area contributed by atoms with Crippen LogP contribution < -0.4 is 10.6 Å². The summed E-state index contributed by atoms with van der Waals surface area (Å²) in [4.78, 5) is 51.7. The minimum Gasteiger partial charge on any atom is -0.467 e. The highest BCUT2D eigenvalue weighted by molar-refractivity contribution is 6.09. The number of ether oxygens (including phenoxy) is 1. The predicted octanol–water partition coefficient (Wildman–Crippen LogP) is 1.84. The highest BCUT2D eigenvalue weighted by Gasteiger charge is 2.52. The van der Waals surface area contributed by atoms with Crippen molar-refractivity contribution in [3.05, 3.63) is 35.9 Å². The first-order valence-corrected chi connectivity index (χ1v) is 9.97. The average molecular weight is 401 g/mol. The summed E-state index contributed by atoms with van der Waals surface area (Å²) in [6.45, 7) is 1.36. The van der Waals surface area contributed by atoms with Gasteiger partial charge >= 0.3 is 12.0 Å². The van der Waals surface area contributed by atoms with Gasteiger partial charge in [0.05, 0.1) is 7.11 Å². The van der Waals surface area contributed by atoms with Crippen LogP contribution in [0.25, 0.3) is 0 Å². The molecule has 0 radical (unpaired) electrons. The van der Waals surface area contributed by atoms with E-state index in [9.17, 15) is 19.2 Å². The number of methoxy groups -OCH3 is 1. The van der Waals surface area contributed by atoms with Gasteiger partial charge in [-0.3, -0.25) is 14.5 Å². The number of amides is 4. The topological polar surface area (TPSA) is 105 Å². The Hall–Kier alpha value is -2.90. The lowest BCUT2D eigenvalue weighted by Gasteiger charge is -2.35. The molecule has 4 amide bonds. The molecule has 1 heterocycles. The molecular formula is C21H27N3O5. The van der Waals surface area contributed by atoms with Crippen molar-refractivity contribution in [2.45, 2.75) is 56.5 Å². The molecule has 1 saturated carbocycles. The summed E-state index contributed by atoms with van der Waals surface area (Å²) < 4.78 is 4.90. The van der Waals surface area contributed by atoms with Gasteiger partial charge in [0.25, 0.3) is 5.91 Å². The van der Waals surface area contributed by atoms with Crippen molar-refractivity contribution in [3.8, 4) is 0 Å². The van der Waals surface area contributed by atoms with Crippen LogP contribution in [0.15, 0.2) is 30.3 Å². The van der Waals surface area contributed by atoms with Crippen LogP contribution >= 0.6 is 0 Å². The molecule has 2 aliphatic rings. The van der Waals surface area contributed by atoms with Gasteiger partial charge in [-0.05, 0) is 24.8 Å². The largest absolute Gasteiger partial charge is 0.467 e. The van der Waals surface area contributed by atoms with Crippen molar-refractivity contribution < 1.29 is 23.9 Å². The van der Waals surface area contributed by atoms with Gasteiger partial charge in [0.2, 0.25) is 5.91 Å². The molecular weight excluding hydrogens is 374 g/mol. The fourth-order valence-electron chi connectivity index (χ4n) is 4.31. The number of nitrogens with zero attached hydrogens (tertiary/aromatic N) is 1. The van der Waals surface area contributed by atoms with Gasteiger partial charge < -0.3 is 15.4 Å². The Bertz CT molecular complexity index is 804. The van der Waals surface area contributed by atoms with Gasteiger partial charge in [-0.2, -0.15) is 0 Å². The number of rotatable bonds is 6. The Kier molecular flexibility index (Phi) is 5.91. The molecule has 2 N–H and O–H groups in total. The first-order chi connectivity index (χ1) is 13.9. The number of hydrogen-bond acceptors (Lipinski definition) is 5. The maximum absolute atomic E-state index is 13.1. The Labute approximate surface area is 170 Å². The molecule has 1 atom stereocenters. The number of urea groups is 1. The van der Waals surface area contributed by atoms with E-state index in [1.165, 1.54) is 7.11 Å². The highest BCUT2D eigenvalue weighted by atomic mass is 16.5. The molecule has 0 unspecified atom stereocenters. The van der Waals surface area contributed by atoms with Crippen LogP contribution in [0.1, 0.15) is 51.0 Å². The summed E-state index contributed by atoms with van der Waals surface area (Å²) in [5.41, 5.74) is -1.62. The molecule has 8 nitrogen and oxygen atoms in total. The first-order valence-electron chi connectivity index (χ1n) is 9.97. The zero-order valence-corrected chi connectivity index (χ0v) is 16.8. The number of hydrogen-bond donors (Lipinski definition) is 2. The number of benzene rings is 1. The summed E-state index contributed by atoms with van der Waals surface area (Å²) in [5.74, 6) is -1.52. The van der Waals surface area contributed by atoms with E-state index in [2.05, 4.69) is 10.6 Å². The molecule has 0 aromatic heterocycles. The normalized spacial score (nSPS) is 23.4. The van der Waals surface area contributed by atoms with Crippen molar-refractivity contribution in [3.63, 3.8) is 0 Å². The summed E-state index contributed by atoms with van der Waals surface area (Å²) >= 11 is 0. The van der Waals surface area contributed by atoms with E-state index in [0.717, 1.165) is 24.2 Å². The second kappa shape index (κ2) is 8.23. The van der Waals surface area contributed by atoms with Crippen molar-refractivity contribution in [1.29, 1.82) is 0 Å². The number of esters is 1. The Morgan fingerprint density at radius 2 is 1.79 bits per heavy atom. The van der Waals surface area contributed by atoms with Gasteiger partial charge in [0.1, 0.15) is 17.6 Å². The Morgan fingerprint density at radius 1 is 1.14 bits per heavy atom. The van der Waals surface area contributed by atoms with Gasteiger partial charge in [-0.1, -0.05) is 56.5 Å². The highest BCUT2D eigenvalue weighted by Crippen LogP contribution is 2.33. The molecule has 0 spiro atoms. The molecule has 156 valence electrons. The number of carbonyl (C=O) groups is 4. The fourth-order valence-corrected chi connectivity index (χ4v) is 4.31. The number of imide groups is 1. The standard InChI is InChI=1S/C21H27N3O5/c1-3-21(15-10-6-4-7-11-15)17(26)24(19(28)23-21)14-16(25)22-20(18(27)29-2)12-8-5-9-13-20/h4,6-7,10-11H,3,5,8-9,12-14H2,1-2H3,(H,22,25)(H,23,28)/t21-/m0/s1. The lowest BCUT2D eigenvalue weighted by atomic mass is 9.81. The second-order valence-electron chi connectivity index (χ2n) is 7.63. The van der Waals surface area contributed by atoms with Crippen molar-refractivity contribution >= 4 is 23.8 Å². The summed E-state index contributed by atoms with van der Waals surface area (Å²) in [6.07, 6.45) is 3.89. The van der Waals surface area contributed by atoms with Gasteiger partial charge in [0.15, 0.2) is 0 Å². The minimum atomic E-state index is -1.19. The van der Waals surface area contributed by atoms with Gasteiger partial charge in [0, 0.05) is 0 Å². The second-order valence-corrected chi connectivity index (χ2v) is 7.63. The third kappa shape index (κ3) is 3.71. The van der Waals surface area contributed by atoms with Crippen LogP contribution in [-0.4, -0.2) is 47.9 Å². The van der Waals surface area contributed by atoms with Crippen LogP contribution in [0.3, 0.4) is 0 Å². The smallest absolute Gasteiger partial charge is 0.331 e. The van der Waals surface area contributed by atoms with Crippen molar-refractivity contribution in [1.82, 2.24) is 15.5 Å². The summed E-state index contributed by atoms with van der Waals surface area (Å²) in [6, 6.07) is 8.36. The first kappa shape index (κ1) is 20.8. The Morgan fingerprint density at radius 3 is 2.38 bits per heavy atom. The SMILES string of the molecule is CC[C@@]1(c2ccccc2)NC(=O)N(CC(=O)NC2(C(=O)OC)CCCCC2)C1=O. The minimum absolute atomic E-state index is 0.353. The molecule has 0 bridgehead atoms. The summed E-state index contributed by atoms with van der Waals surface area (Å²) in [5, 5.41) is 5.50.